The van der Waals surface area contributed by atoms with E-state index >= 15 is 0 Å². The van der Waals surface area contributed by atoms with Crippen molar-refractivity contribution in [3.8, 4) is 17.0 Å². The van der Waals surface area contributed by atoms with Crippen molar-refractivity contribution in [1.82, 2.24) is 15.3 Å². The Morgan fingerprint density at radius 3 is 2.51 bits per heavy atom. The molecule has 0 unspecified atom stereocenters. The number of hydrogen-bond acceptors (Lipinski definition) is 6. The Bertz CT molecular complexity index is 1510. The molecule has 2 aliphatic carbocycles. The maximum atomic E-state index is 13.5. The molecule has 2 fully saturated rings. The van der Waals surface area contributed by atoms with Crippen LogP contribution in [0.2, 0.25) is 0 Å². The number of ether oxygens (including phenoxy) is 1. The van der Waals surface area contributed by atoms with Crippen molar-refractivity contribution in [3.63, 3.8) is 0 Å². The smallest absolute Gasteiger partial charge is 0.322 e. The number of amides is 2. The highest BCUT2D eigenvalue weighted by Gasteiger charge is 2.46. The number of aromatic nitrogens is 2. The minimum absolute atomic E-state index is 0.0541. The molecule has 6 rings (SSSR count). The standard InChI is InChI=1S/C30H34N4O4S/c1-3-39(36,37)23-11-6-20(7-12-23)17-31-29(35)34-18-30(14-4-5-15-30)24-16-22(10-13-25(24)34)26-27(21-8-9-21)32-19-33-28(26)38-2/h6-7,10-13,16,19,21H,3-5,8-9,14-15,17-18H2,1-2H3,(H,31,35). The van der Waals surface area contributed by atoms with Gasteiger partial charge in [0.1, 0.15) is 6.33 Å². The van der Waals surface area contributed by atoms with E-state index in [1.54, 1.807) is 44.6 Å². The predicted octanol–water partition coefficient (Wildman–Crippen LogP) is 5.36. The summed E-state index contributed by atoms with van der Waals surface area (Å²) in [5.41, 5.74) is 6.03. The fourth-order valence-electron chi connectivity index (χ4n) is 6.21. The Morgan fingerprint density at radius 1 is 1.10 bits per heavy atom. The molecule has 2 heterocycles. The maximum Gasteiger partial charge on any atom is 0.322 e. The summed E-state index contributed by atoms with van der Waals surface area (Å²) in [4.78, 5) is 24.7. The zero-order valence-corrected chi connectivity index (χ0v) is 23.3. The van der Waals surface area contributed by atoms with Crippen molar-refractivity contribution in [2.24, 2.45) is 0 Å². The monoisotopic (exact) mass is 546 g/mol. The van der Waals surface area contributed by atoms with Gasteiger partial charge in [-0.15, -0.1) is 0 Å². The Labute approximate surface area is 229 Å². The molecule has 2 aromatic carbocycles. The highest BCUT2D eigenvalue weighted by molar-refractivity contribution is 7.91. The summed E-state index contributed by atoms with van der Waals surface area (Å²) in [5, 5.41) is 3.05. The zero-order valence-electron chi connectivity index (χ0n) is 22.4. The highest BCUT2D eigenvalue weighted by atomic mass is 32.2. The molecule has 3 aliphatic rings. The van der Waals surface area contributed by atoms with Crippen molar-refractivity contribution in [2.45, 2.75) is 68.2 Å². The van der Waals surface area contributed by atoms with Crippen LogP contribution in [0.15, 0.2) is 53.7 Å². The molecule has 1 spiro atoms. The number of nitrogens with zero attached hydrogens (tertiary/aromatic N) is 3. The van der Waals surface area contributed by atoms with Crippen LogP contribution in [0.4, 0.5) is 10.5 Å². The molecule has 1 aliphatic heterocycles. The van der Waals surface area contributed by atoms with Crippen LogP contribution in [-0.4, -0.2) is 43.8 Å². The van der Waals surface area contributed by atoms with E-state index in [4.69, 9.17) is 4.74 Å². The number of carbonyl (C=O) groups is 1. The number of rotatable bonds is 7. The number of hydrogen-bond donors (Lipinski definition) is 1. The van der Waals surface area contributed by atoms with Gasteiger partial charge in [0.15, 0.2) is 9.84 Å². The van der Waals surface area contributed by atoms with Gasteiger partial charge in [-0.25, -0.2) is 23.2 Å². The number of urea groups is 1. The lowest BCUT2D eigenvalue weighted by Gasteiger charge is -2.25. The lowest BCUT2D eigenvalue weighted by molar-refractivity contribution is 0.245. The van der Waals surface area contributed by atoms with Crippen molar-refractivity contribution >= 4 is 21.6 Å². The van der Waals surface area contributed by atoms with E-state index in [0.29, 0.717) is 29.8 Å². The third kappa shape index (κ3) is 4.67. The predicted molar refractivity (Wildman–Crippen MR) is 150 cm³/mol. The van der Waals surface area contributed by atoms with Crippen molar-refractivity contribution in [2.75, 3.05) is 24.3 Å². The largest absolute Gasteiger partial charge is 0.480 e. The van der Waals surface area contributed by atoms with Crippen molar-refractivity contribution < 1.29 is 17.9 Å². The first-order chi connectivity index (χ1) is 18.8. The van der Waals surface area contributed by atoms with E-state index in [0.717, 1.165) is 66.6 Å². The lowest BCUT2D eigenvalue weighted by Crippen LogP contribution is -2.41. The van der Waals surface area contributed by atoms with Crippen LogP contribution in [0.3, 0.4) is 0 Å². The van der Waals surface area contributed by atoms with Gasteiger partial charge in [0.2, 0.25) is 5.88 Å². The van der Waals surface area contributed by atoms with E-state index in [9.17, 15) is 13.2 Å². The van der Waals surface area contributed by atoms with Crippen LogP contribution in [0.5, 0.6) is 5.88 Å². The fraction of sp³-hybridized carbons (Fsp3) is 0.433. The molecule has 2 amide bonds. The molecule has 1 N–H and O–H groups in total. The average Bonchev–Trinajstić information content (AvgIpc) is 3.63. The summed E-state index contributed by atoms with van der Waals surface area (Å²) in [6, 6.07) is 13.0. The first-order valence-corrected chi connectivity index (χ1v) is 15.4. The number of anilines is 1. The average molecular weight is 547 g/mol. The second kappa shape index (κ2) is 9.93. The highest BCUT2D eigenvalue weighted by Crippen LogP contribution is 2.53. The van der Waals surface area contributed by atoms with Crippen molar-refractivity contribution in [3.05, 3.63) is 65.6 Å². The van der Waals surface area contributed by atoms with Crippen LogP contribution in [-0.2, 0) is 21.8 Å². The summed E-state index contributed by atoms with van der Waals surface area (Å²) in [7, 11) is -1.60. The number of carbonyl (C=O) groups excluding carboxylic acids is 1. The minimum atomic E-state index is -3.25. The van der Waals surface area contributed by atoms with Crippen LogP contribution >= 0.6 is 0 Å². The third-order valence-electron chi connectivity index (χ3n) is 8.52. The summed E-state index contributed by atoms with van der Waals surface area (Å²) in [6.45, 7) is 2.61. The summed E-state index contributed by atoms with van der Waals surface area (Å²) < 4.78 is 29.9. The Kier molecular flexibility index (Phi) is 6.57. The molecule has 8 nitrogen and oxygen atoms in total. The molecule has 1 aromatic heterocycles. The Morgan fingerprint density at radius 2 is 1.85 bits per heavy atom. The molecule has 0 radical (unpaired) electrons. The first-order valence-electron chi connectivity index (χ1n) is 13.8. The molecular formula is C30H34N4O4S. The van der Waals surface area contributed by atoms with E-state index in [1.165, 1.54) is 5.56 Å². The number of fused-ring (bicyclic) bond motifs is 2. The minimum Gasteiger partial charge on any atom is -0.480 e. The maximum absolute atomic E-state index is 13.5. The third-order valence-corrected chi connectivity index (χ3v) is 10.3. The SMILES string of the molecule is CCS(=O)(=O)c1ccc(CNC(=O)N2CC3(CCCC3)c3cc(-c4c(OC)ncnc4C4CC4)ccc32)cc1. The van der Waals surface area contributed by atoms with Gasteiger partial charge in [-0.1, -0.05) is 38.0 Å². The van der Waals surface area contributed by atoms with E-state index in [-0.39, 0.29) is 17.2 Å². The normalized spacial score (nSPS) is 17.8. The van der Waals surface area contributed by atoms with Gasteiger partial charge >= 0.3 is 6.03 Å². The van der Waals surface area contributed by atoms with Crippen LogP contribution in [0, 0.1) is 0 Å². The van der Waals surface area contributed by atoms with Gasteiger partial charge in [-0.05, 0) is 66.6 Å². The van der Waals surface area contributed by atoms with E-state index < -0.39 is 9.84 Å². The molecule has 9 heteroatoms. The second-order valence-electron chi connectivity index (χ2n) is 10.9. The van der Waals surface area contributed by atoms with Gasteiger partial charge in [-0.3, -0.25) is 4.90 Å². The van der Waals surface area contributed by atoms with Gasteiger partial charge in [0.25, 0.3) is 0 Å². The van der Waals surface area contributed by atoms with Crippen LogP contribution in [0.25, 0.3) is 11.1 Å². The number of sulfone groups is 1. The van der Waals surface area contributed by atoms with Crippen LogP contribution in [0.1, 0.15) is 68.2 Å². The molecule has 204 valence electrons. The number of methoxy groups -OCH3 is 1. The summed E-state index contributed by atoms with van der Waals surface area (Å²) in [6.07, 6.45) is 8.26. The lowest BCUT2D eigenvalue weighted by atomic mass is 9.80. The van der Waals surface area contributed by atoms with Crippen LogP contribution < -0.4 is 15.0 Å². The fourth-order valence-corrected chi connectivity index (χ4v) is 7.10. The van der Waals surface area contributed by atoms with E-state index in [1.807, 2.05) is 4.90 Å². The van der Waals surface area contributed by atoms with E-state index in [2.05, 4.69) is 33.5 Å². The Hall–Kier alpha value is -3.46. The molecular weight excluding hydrogens is 512 g/mol. The Balaban J connectivity index is 1.28. The molecule has 0 atom stereocenters. The quantitative estimate of drug-likeness (QED) is 0.428. The summed E-state index contributed by atoms with van der Waals surface area (Å²) in [5.74, 6) is 1.11. The molecule has 0 bridgehead atoms. The molecule has 39 heavy (non-hydrogen) atoms. The molecule has 2 saturated carbocycles. The topological polar surface area (TPSA) is 101 Å². The second-order valence-corrected chi connectivity index (χ2v) is 13.2. The number of benzene rings is 2. The van der Waals surface area contributed by atoms with Gasteiger partial charge in [0, 0.05) is 30.1 Å². The van der Waals surface area contributed by atoms with Crippen molar-refractivity contribution in [1.29, 1.82) is 0 Å². The number of nitrogens with one attached hydrogen (secondary N) is 1. The van der Waals surface area contributed by atoms with Gasteiger partial charge in [-0.2, -0.15) is 0 Å². The zero-order chi connectivity index (χ0) is 27.2. The van der Waals surface area contributed by atoms with Gasteiger partial charge in [0.05, 0.1) is 29.0 Å². The molecule has 0 saturated heterocycles. The molecule has 3 aromatic rings. The first kappa shape index (κ1) is 25.8. The summed E-state index contributed by atoms with van der Waals surface area (Å²) >= 11 is 0. The van der Waals surface area contributed by atoms with Gasteiger partial charge < -0.3 is 10.1 Å².